The number of halogens is 1. The van der Waals surface area contributed by atoms with Gasteiger partial charge < -0.3 is 14.5 Å². The van der Waals surface area contributed by atoms with Gasteiger partial charge in [0.1, 0.15) is 17.4 Å². The quantitative estimate of drug-likeness (QED) is 0.504. The molecule has 1 amide bonds. The maximum Gasteiger partial charge on any atom is 0.254 e. The van der Waals surface area contributed by atoms with Crippen molar-refractivity contribution in [1.82, 2.24) is 14.9 Å². The van der Waals surface area contributed by atoms with E-state index in [1.54, 1.807) is 0 Å². The van der Waals surface area contributed by atoms with Crippen molar-refractivity contribution in [3.63, 3.8) is 0 Å². The molecular weight excluding hydrogens is 479 g/mol. The van der Waals surface area contributed by atoms with Crippen LogP contribution in [0.25, 0.3) is 0 Å². The van der Waals surface area contributed by atoms with E-state index < -0.39 is 0 Å². The lowest BCUT2D eigenvalue weighted by atomic mass is 10.2. The van der Waals surface area contributed by atoms with Crippen molar-refractivity contribution >= 4 is 34.3 Å². The molecule has 0 aliphatic carbocycles. The Kier molecular flexibility index (Phi) is 5.94. The van der Waals surface area contributed by atoms with E-state index in [0.29, 0.717) is 24.8 Å². The minimum absolute atomic E-state index is 0.0788. The van der Waals surface area contributed by atoms with Crippen molar-refractivity contribution in [1.29, 1.82) is 0 Å². The summed E-state index contributed by atoms with van der Waals surface area (Å²) >= 11 is 2.23. The number of benzene rings is 2. The fourth-order valence-electron chi connectivity index (χ4n) is 3.29. The zero-order valence-corrected chi connectivity index (χ0v) is 18.2. The van der Waals surface area contributed by atoms with Crippen molar-refractivity contribution < 1.29 is 9.53 Å². The third kappa shape index (κ3) is 4.84. The number of carbonyl (C=O) groups is 1. The molecule has 6 nitrogen and oxygen atoms in total. The maximum absolute atomic E-state index is 12.8. The number of carbonyl (C=O) groups excluding carboxylic acids is 1. The molecule has 148 valence electrons. The molecule has 0 radical (unpaired) electrons. The molecule has 1 aromatic heterocycles. The van der Waals surface area contributed by atoms with Gasteiger partial charge in [-0.05, 0) is 59.8 Å². The molecule has 7 heteroatoms. The van der Waals surface area contributed by atoms with Gasteiger partial charge in [-0.15, -0.1) is 0 Å². The molecule has 0 unspecified atom stereocenters. The molecule has 1 aliphatic heterocycles. The van der Waals surface area contributed by atoms with E-state index in [-0.39, 0.29) is 5.91 Å². The summed E-state index contributed by atoms with van der Waals surface area (Å²) in [6, 6.07) is 19.2. The van der Waals surface area contributed by atoms with E-state index >= 15 is 0 Å². The molecule has 29 heavy (non-hydrogen) atoms. The lowest BCUT2D eigenvalue weighted by Gasteiger charge is -2.35. The van der Waals surface area contributed by atoms with Crippen LogP contribution in [0.3, 0.4) is 0 Å². The molecule has 4 rings (SSSR count). The highest BCUT2D eigenvalue weighted by Gasteiger charge is 2.23. The molecule has 0 bridgehead atoms. The number of hydrogen-bond donors (Lipinski definition) is 0. The number of piperazine rings is 1. The Balaban J connectivity index is 1.43. The molecule has 0 N–H and O–H groups in total. The lowest BCUT2D eigenvalue weighted by molar-refractivity contribution is 0.0746. The van der Waals surface area contributed by atoms with Crippen LogP contribution in [0.1, 0.15) is 16.2 Å². The van der Waals surface area contributed by atoms with Crippen LogP contribution in [0.4, 0.5) is 5.82 Å². The smallest absolute Gasteiger partial charge is 0.254 e. The number of rotatable bonds is 4. The largest absolute Gasteiger partial charge is 0.439 e. The molecule has 1 saturated heterocycles. The number of amides is 1. The van der Waals surface area contributed by atoms with Crippen LogP contribution in [-0.4, -0.2) is 47.0 Å². The zero-order chi connectivity index (χ0) is 20.2. The monoisotopic (exact) mass is 500 g/mol. The molecule has 3 aromatic rings. The van der Waals surface area contributed by atoms with E-state index in [0.717, 1.165) is 33.8 Å². The molecule has 0 atom stereocenters. The minimum atomic E-state index is 0.0788. The first-order valence-corrected chi connectivity index (χ1v) is 10.5. The van der Waals surface area contributed by atoms with Crippen LogP contribution >= 0.6 is 22.6 Å². The van der Waals surface area contributed by atoms with Crippen LogP contribution in [0, 0.1) is 10.5 Å². The normalized spacial score (nSPS) is 14.0. The van der Waals surface area contributed by atoms with Crippen molar-refractivity contribution in [3.8, 4) is 11.6 Å². The number of aryl methyl sites for hydroxylation is 1. The fourth-order valence-corrected chi connectivity index (χ4v) is 3.83. The summed E-state index contributed by atoms with van der Waals surface area (Å²) in [6.07, 6.45) is 0. The highest BCUT2D eigenvalue weighted by atomic mass is 127. The van der Waals surface area contributed by atoms with Crippen LogP contribution < -0.4 is 9.64 Å². The first-order chi connectivity index (χ1) is 14.1. The van der Waals surface area contributed by atoms with E-state index in [1.165, 1.54) is 0 Å². The van der Waals surface area contributed by atoms with Gasteiger partial charge in [-0.2, -0.15) is 4.98 Å². The molecule has 2 aromatic carbocycles. The van der Waals surface area contributed by atoms with Crippen LogP contribution in [-0.2, 0) is 0 Å². The highest BCUT2D eigenvalue weighted by molar-refractivity contribution is 14.1. The van der Waals surface area contributed by atoms with Gasteiger partial charge in [0.25, 0.3) is 5.91 Å². The zero-order valence-electron chi connectivity index (χ0n) is 16.1. The third-order valence-corrected chi connectivity index (χ3v) is 5.40. The van der Waals surface area contributed by atoms with Gasteiger partial charge in [-0.25, -0.2) is 4.98 Å². The van der Waals surface area contributed by atoms with Gasteiger partial charge in [0.05, 0.1) is 0 Å². The summed E-state index contributed by atoms with van der Waals surface area (Å²) in [7, 11) is 0. The number of anilines is 1. The van der Waals surface area contributed by atoms with Crippen molar-refractivity contribution in [2.75, 3.05) is 31.1 Å². The SMILES string of the molecule is Cc1nc(Oc2ccccc2)cc(N2CCN(C(=O)c3cccc(I)c3)CC2)n1. The topological polar surface area (TPSA) is 58.6 Å². The third-order valence-electron chi connectivity index (χ3n) is 4.73. The van der Waals surface area contributed by atoms with E-state index in [4.69, 9.17) is 4.74 Å². The molecule has 1 aliphatic rings. The lowest BCUT2D eigenvalue weighted by Crippen LogP contribution is -2.49. The van der Waals surface area contributed by atoms with E-state index in [2.05, 4.69) is 37.5 Å². The average molecular weight is 500 g/mol. The Bertz CT molecular complexity index is 1000. The molecular formula is C22H21IN4O2. The number of ether oxygens (including phenoxy) is 1. The molecule has 2 heterocycles. The fraction of sp³-hybridized carbons (Fsp3) is 0.227. The van der Waals surface area contributed by atoms with Gasteiger partial charge in [-0.3, -0.25) is 4.79 Å². The van der Waals surface area contributed by atoms with E-state index in [9.17, 15) is 4.79 Å². The Morgan fingerprint density at radius 2 is 1.72 bits per heavy atom. The summed E-state index contributed by atoms with van der Waals surface area (Å²) in [6.45, 7) is 4.61. The number of hydrogen-bond acceptors (Lipinski definition) is 5. The van der Waals surface area contributed by atoms with E-state index in [1.807, 2.05) is 72.5 Å². The van der Waals surface area contributed by atoms with Crippen molar-refractivity contribution in [3.05, 3.63) is 75.6 Å². The minimum Gasteiger partial charge on any atom is -0.439 e. The van der Waals surface area contributed by atoms with Crippen molar-refractivity contribution in [2.45, 2.75) is 6.92 Å². The summed E-state index contributed by atoms with van der Waals surface area (Å²) in [5.74, 6) is 2.83. The highest BCUT2D eigenvalue weighted by Crippen LogP contribution is 2.24. The second kappa shape index (κ2) is 8.77. The standard InChI is InChI=1S/C22H21IN4O2/c1-16-24-20(15-21(25-16)29-19-8-3-2-4-9-19)26-10-12-27(13-11-26)22(28)17-6-5-7-18(23)14-17/h2-9,14-15H,10-13H2,1H3. The Morgan fingerprint density at radius 1 is 0.966 bits per heavy atom. The predicted octanol–water partition coefficient (Wildman–Crippen LogP) is 4.14. The molecule has 0 spiro atoms. The van der Waals surface area contributed by atoms with Crippen molar-refractivity contribution in [2.24, 2.45) is 0 Å². The average Bonchev–Trinajstić information content (AvgIpc) is 2.74. The summed E-state index contributed by atoms with van der Waals surface area (Å²) < 4.78 is 6.94. The first-order valence-electron chi connectivity index (χ1n) is 9.47. The summed E-state index contributed by atoms with van der Waals surface area (Å²) in [4.78, 5) is 25.8. The van der Waals surface area contributed by atoms with Crippen LogP contribution in [0.5, 0.6) is 11.6 Å². The Hall–Kier alpha value is -2.68. The van der Waals surface area contributed by atoms with Gasteiger partial charge in [-0.1, -0.05) is 24.3 Å². The summed E-state index contributed by atoms with van der Waals surface area (Å²) in [5.41, 5.74) is 0.738. The number of aromatic nitrogens is 2. The second-order valence-corrected chi connectivity index (χ2v) is 8.06. The summed E-state index contributed by atoms with van der Waals surface area (Å²) in [5, 5.41) is 0. The second-order valence-electron chi connectivity index (χ2n) is 6.82. The van der Waals surface area contributed by atoms with Crippen LogP contribution in [0.15, 0.2) is 60.7 Å². The number of nitrogens with zero attached hydrogens (tertiary/aromatic N) is 4. The maximum atomic E-state index is 12.8. The Morgan fingerprint density at radius 3 is 2.45 bits per heavy atom. The van der Waals surface area contributed by atoms with Gasteiger partial charge in [0.15, 0.2) is 0 Å². The van der Waals surface area contributed by atoms with Gasteiger partial charge in [0, 0.05) is 41.4 Å². The molecule has 0 saturated carbocycles. The van der Waals surface area contributed by atoms with Gasteiger partial charge in [0.2, 0.25) is 5.88 Å². The predicted molar refractivity (Wildman–Crippen MR) is 121 cm³/mol. The van der Waals surface area contributed by atoms with Gasteiger partial charge >= 0.3 is 0 Å². The van der Waals surface area contributed by atoms with Crippen LogP contribution in [0.2, 0.25) is 0 Å². The Labute approximate surface area is 183 Å². The first kappa shape index (κ1) is 19.6. The molecule has 1 fully saturated rings. The number of para-hydroxylation sites is 1.